The highest BCUT2D eigenvalue weighted by Crippen LogP contribution is 2.48. The molecule has 0 bridgehead atoms. The Hall–Kier alpha value is -1.33. The molecule has 2 atom stereocenters. The maximum absolute atomic E-state index is 3.68. The molecule has 0 aromatic heterocycles. The smallest absolute Gasteiger partial charge is 0.0345 e. The van der Waals surface area contributed by atoms with E-state index in [4.69, 9.17) is 0 Å². The first-order valence-corrected chi connectivity index (χ1v) is 9.46. The molecule has 3 rings (SSSR count). The molecule has 1 aliphatic heterocycles. The van der Waals surface area contributed by atoms with Gasteiger partial charge in [-0.15, -0.1) is 0 Å². The van der Waals surface area contributed by atoms with Crippen molar-refractivity contribution in [1.82, 2.24) is 0 Å². The molecule has 2 heteroatoms. The van der Waals surface area contributed by atoms with E-state index >= 15 is 0 Å². The van der Waals surface area contributed by atoms with Crippen molar-refractivity contribution in [3.8, 4) is 0 Å². The lowest BCUT2D eigenvalue weighted by Crippen LogP contribution is -2.19. The van der Waals surface area contributed by atoms with Crippen molar-refractivity contribution in [2.45, 2.75) is 32.3 Å². The first-order chi connectivity index (χ1) is 10.2. The Morgan fingerprint density at radius 1 is 1.05 bits per heavy atom. The van der Waals surface area contributed by atoms with Gasteiger partial charge in [0.25, 0.3) is 0 Å². The third kappa shape index (κ3) is 3.66. The molecule has 1 aliphatic rings. The number of rotatable bonds is 4. The van der Waals surface area contributed by atoms with Gasteiger partial charge in [0.1, 0.15) is 0 Å². The first kappa shape index (κ1) is 14.6. The van der Waals surface area contributed by atoms with Crippen LogP contribution in [-0.4, -0.2) is 18.4 Å². The quantitative estimate of drug-likeness (QED) is 0.808. The van der Waals surface area contributed by atoms with E-state index < -0.39 is 0 Å². The Kier molecular flexibility index (Phi) is 4.60. The van der Waals surface area contributed by atoms with E-state index in [9.17, 15) is 0 Å². The average Bonchev–Trinajstić information content (AvgIpc) is 2.93. The largest absolute Gasteiger partial charge is 0.384 e. The summed E-state index contributed by atoms with van der Waals surface area (Å²) >= 11 is 0. The van der Waals surface area contributed by atoms with Crippen LogP contribution in [0.4, 0.5) is 5.69 Å². The number of anilines is 1. The minimum absolute atomic E-state index is 0.0223. The summed E-state index contributed by atoms with van der Waals surface area (Å²) in [5, 5.41) is 5.26. The van der Waals surface area contributed by atoms with Crippen LogP contribution in [0.15, 0.2) is 48.5 Å². The molecule has 2 aromatic rings. The molecular weight excluding hydrogens is 273 g/mol. The molecule has 0 aliphatic carbocycles. The van der Waals surface area contributed by atoms with E-state index in [1.807, 2.05) is 0 Å². The number of nitrogens with one attached hydrogen (secondary N) is 1. The van der Waals surface area contributed by atoms with Crippen molar-refractivity contribution in [3.05, 3.63) is 59.7 Å². The highest BCUT2D eigenvalue weighted by molar-refractivity contribution is 7.66. The first-order valence-electron chi connectivity index (χ1n) is 7.86. The van der Waals surface area contributed by atoms with Gasteiger partial charge < -0.3 is 5.32 Å². The van der Waals surface area contributed by atoms with Gasteiger partial charge in [-0.2, -0.15) is 0 Å². The van der Waals surface area contributed by atoms with Gasteiger partial charge in [-0.25, -0.2) is 0 Å². The molecule has 0 amide bonds. The second-order valence-electron chi connectivity index (χ2n) is 6.08. The summed E-state index contributed by atoms with van der Waals surface area (Å²) < 4.78 is 0. The van der Waals surface area contributed by atoms with Crippen LogP contribution in [0.2, 0.25) is 0 Å². The third-order valence-electron chi connectivity index (χ3n) is 4.23. The second kappa shape index (κ2) is 6.62. The zero-order chi connectivity index (χ0) is 14.7. The zero-order valence-corrected chi connectivity index (χ0v) is 13.9. The van der Waals surface area contributed by atoms with E-state index in [-0.39, 0.29) is 7.92 Å². The van der Waals surface area contributed by atoms with E-state index in [1.165, 1.54) is 35.8 Å². The molecule has 1 nitrogen and oxygen atoms in total. The molecule has 0 spiro atoms. The SMILES string of the molecule is Cc1cc(C)cc(NC[C@@H]2CCCP2c2ccccc2)c1. The summed E-state index contributed by atoms with van der Waals surface area (Å²) in [5.41, 5.74) is 4.79. The average molecular weight is 297 g/mol. The highest BCUT2D eigenvalue weighted by atomic mass is 31.1. The Bertz CT molecular complexity index is 574. The topological polar surface area (TPSA) is 12.0 Å². The molecule has 1 heterocycles. The molecule has 2 aromatic carbocycles. The van der Waals surface area contributed by atoms with Gasteiger partial charge in [0.15, 0.2) is 0 Å². The second-order valence-corrected chi connectivity index (χ2v) is 8.72. The van der Waals surface area contributed by atoms with Gasteiger partial charge in [0.2, 0.25) is 0 Å². The van der Waals surface area contributed by atoms with E-state index in [0.717, 1.165) is 12.2 Å². The van der Waals surface area contributed by atoms with Gasteiger partial charge in [0.05, 0.1) is 0 Å². The lowest BCUT2D eigenvalue weighted by Gasteiger charge is -2.22. The molecule has 1 fully saturated rings. The predicted molar refractivity (Wildman–Crippen MR) is 95.3 cm³/mol. The molecule has 0 radical (unpaired) electrons. The third-order valence-corrected chi connectivity index (χ3v) is 7.31. The van der Waals surface area contributed by atoms with E-state index in [1.54, 1.807) is 5.30 Å². The Labute approximate surface area is 129 Å². The van der Waals surface area contributed by atoms with Crippen LogP contribution >= 0.6 is 7.92 Å². The number of aryl methyl sites for hydroxylation is 2. The van der Waals surface area contributed by atoms with Crippen molar-refractivity contribution in [1.29, 1.82) is 0 Å². The molecule has 110 valence electrons. The van der Waals surface area contributed by atoms with Crippen LogP contribution in [0.25, 0.3) is 0 Å². The fourth-order valence-corrected chi connectivity index (χ4v) is 6.25. The van der Waals surface area contributed by atoms with Crippen LogP contribution in [0.5, 0.6) is 0 Å². The van der Waals surface area contributed by atoms with E-state index in [2.05, 4.69) is 67.7 Å². The molecule has 0 saturated carbocycles. The monoisotopic (exact) mass is 297 g/mol. The fraction of sp³-hybridized carbons (Fsp3) is 0.368. The van der Waals surface area contributed by atoms with Crippen LogP contribution in [0, 0.1) is 13.8 Å². The normalized spacial score (nSPS) is 21.4. The van der Waals surface area contributed by atoms with Crippen molar-refractivity contribution in [3.63, 3.8) is 0 Å². The zero-order valence-electron chi connectivity index (χ0n) is 13.0. The summed E-state index contributed by atoms with van der Waals surface area (Å²) in [7, 11) is 0.0223. The summed E-state index contributed by atoms with van der Waals surface area (Å²) in [6.45, 7) is 5.46. The fourth-order valence-electron chi connectivity index (χ4n) is 3.32. The molecular formula is C19H24NP. The van der Waals surface area contributed by atoms with Gasteiger partial charge in [-0.05, 0) is 61.4 Å². The van der Waals surface area contributed by atoms with Crippen LogP contribution in [0.1, 0.15) is 24.0 Å². The summed E-state index contributed by atoms with van der Waals surface area (Å²) in [5.74, 6) is 0. The Morgan fingerprint density at radius 2 is 1.76 bits per heavy atom. The van der Waals surface area contributed by atoms with Crippen molar-refractivity contribution >= 4 is 18.9 Å². The Morgan fingerprint density at radius 3 is 2.48 bits per heavy atom. The van der Waals surface area contributed by atoms with E-state index in [0.29, 0.717) is 0 Å². The number of hydrogen-bond donors (Lipinski definition) is 1. The molecule has 1 N–H and O–H groups in total. The van der Waals surface area contributed by atoms with Gasteiger partial charge in [-0.3, -0.25) is 0 Å². The van der Waals surface area contributed by atoms with Crippen molar-refractivity contribution < 1.29 is 0 Å². The van der Waals surface area contributed by atoms with Gasteiger partial charge in [0, 0.05) is 17.9 Å². The maximum atomic E-state index is 3.68. The standard InChI is InChI=1S/C19H24NP/c1-15-11-16(2)13-17(12-15)20-14-19-9-6-10-21(19)18-7-4-3-5-8-18/h3-5,7-8,11-13,19-20H,6,9-10,14H2,1-2H3/t19-,21?/m0/s1. The van der Waals surface area contributed by atoms with Crippen LogP contribution < -0.4 is 10.6 Å². The minimum atomic E-state index is 0.0223. The molecule has 1 unspecified atom stereocenters. The van der Waals surface area contributed by atoms with Crippen LogP contribution in [0.3, 0.4) is 0 Å². The summed E-state index contributed by atoms with van der Waals surface area (Å²) in [6, 6.07) is 17.9. The predicted octanol–water partition coefficient (Wildman–Crippen LogP) is 4.69. The maximum Gasteiger partial charge on any atom is 0.0345 e. The minimum Gasteiger partial charge on any atom is -0.384 e. The van der Waals surface area contributed by atoms with Crippen LogP contribution in [-0.2, 0) is 0 Å². The summed E-state index contributed by atoms with van der Waals surface area (Å²) in [6.07, 6.45) is 4.16. The van der Waals surface area contributed by atoms with Crippen molar-refractivity contribution in [2.75, 3.05) is 18.0 Å². The Balaban J connectivity index is 1.67. The van der Waals surface area contributed by atoms with Crippen molar-refractivity contribution in [2.24, 2.45) is 0 Å². The summed E-state index contributed by atoms with van der Waals surface area (Å²) in [4.78, 5) is 0. The molecule has 21 heavy (non-hydrogen) atoms. The molecule has 1 saturated heterocycles. The van der Waals surface area contributed by atoms with Gasteiger partial charge >= 0.3 is 0 Å². The van der Waals surface area contributed by atoms with Gasteiger partial charge in [-0.1, -0.05) is 44.3 Å². The lowest BCUT2D eigenvalue weighted by atomic mass is 10.1. The highest BCUT2D eigenvalue weighted by Gasteiger charge is 2.27. The lowest BCUT2D eigenvalue weighted by molar-refractivity contribution is 0.803. The number of hydrogen-bond acceptors (Lipinski definition) is 1. The number of benzene rings is 2.